The Labute approximate surface area is 427 Å². The molecule has 0 saturated carbocycles. The molecule has 8 unspecified atom stereocenters. The molecule has 0 bridgehead atoms. The van der Waals surface area contributed by atoms with Crippen molar-refractivity contribution in [2.24, 2.45) is 17.8 Å². The van der Waals surface area contributed by atoms with E-state index in [4.69, 9.17) is 76.5 Å². The number of aliphatic hydroxyl groups is 1. The number of hydrogen-bond donors (Lipinski definition) is 2. The Morgan fingerprint density at radius 3 is 2.09 bits per heavy atom. The van der Waals surface area contributed by atoms with Crippen molar-refractivity contribution in [3.8, 4) is 6.07 Å². The van der Waals surface area contributed by atoms with Gasteiger partial charge in [0.1, 0.15) is 28.7 Å². The summed E-state index contributed by atoms with van der Waals surface area (Å²) in [6, 6.07) is 12.6. The molecule has 6 aromatic rings. The second-order valence-electron chi connectivity index (χ2n) is 19.7. The number of benzene rings is 2. The highest BCUT2D eigenvalue weighted by molar-refractivity contribution is 6.35. The normalized spacial score (nSPS) is 24.6. The molecule has 0 amide bonds. The fourth-order valence-electron chi connectivity index (χ4n) is 12.0. The zero-order valence-corrected chi connectivity index (χ0v) is 42.5. The Morgan fingerprint density at radius 2 is 1.44 bits per heavy atom. The average Bonchev–Trinajstić information content (AvgIpc) is 4.04. The van der Waals surface area contributed by atoms with Crippen LogP contribution in [0, 0.1) is 36.0 Å². The summed E-state index contributed by atoms with van der Waals surface area (Å²) in [4.78, 5) is 42.3. The molecule has 70 heavy (non-hydrogen) atoms. The summed E-state index contributed by atoms with van der Waals surface area (Å²) in [5.41, 5.74) is 4.67. The van der Waals surface area contributed by atoms with Crippen LogP contribution in [-0.2, 0) is 4.79 Å². The summed E-state index contributed by atoms with van der Waals surface area (Å²) in [6.07, 6.45) is 9.98. The lowest BCUT2D eigenvalue weighted by atomic mass is 9.90. The van der Waals surface area contributed by atoms with E-state index in [1.807, 2.05) is 46.3 Å². The van der Waals surface area contributed by atoms with E-state index in [0.29, 0.717) is 92.6 Å². The molecule has 4 saturated heterocycles. The van der Waals surface area contributed by atoms with Crippen molar-refractivity contribution in [1.29, 1.82) is 5.26 Å². The first-order valence-corrected chi connectivity index (χ1v) is 25.9. The number of halogens is 4. The van der Waals surface area contributed by atoms with E-state index >= 15 is 0 Å². The highest BCUT2D eigenvalue weighted by Gasteiger charge is 2.44. The standard InChI is InChI=1S/C50H57Cl4N13O3/c1-28-17-31(24-65(28)42-12-16-64(26-37(42)50(69)70)45-22-56-46-29(2)60-66(48(46)58-45)30(3)35-9-7-33(51)19-38(35)53)18-43(36-10-8-34(52)20-39(36)54)67-49-47(40(21-55)61-67)57-23-44(59-49)63-15-11-41(32(25-63)27-68)62-13-5-4-6-14-62/h7-10,19-20,22-23,28,30-32,37,41-43,68H,4-6,11-18,24-27H2,1-3H3,(H,69,70). The maximum atomic E-state index is 13.3. The lowest BCUT2D eigenvalue weighted by Gasteiger charge is -2.45. The van der Waals surface area contributed by atoms with Gasteiger partial charge in [0.05, 0.1) is 36.1 Å². The van der Waals surface area contributed by atoms with Gasteiger partial charge in [-0.1, -0.05) is 65.0 Å². The molecule has 8 heterocycles. The van der Waals surface area contributed by atoms with E-state index in [1.165, 1.54) is 19.3 Å². The Kier molecular flexibility index (Phi) is 14.2. The van der Waals surface area contributed by atoms with Gasteiger partial charge in [-0.2, -0.15) is 15.5 Å². The number of piperidine rings is 3. The van der Waals surface area contributed by atoms with Gasteiger partial charge in [-0.3, -0.25) is 14.6 Å². The number of nitriles is 1. The third-order valence-corrected chi connectivity index (χ3v) is 16.6. The first-order valence-electron chi connectivity index (χ1n) is 24.4. The Morgan fingerprint density at radius 1 is 0.814 bits per heavy atom. The van der Waals surface area contributed by atoms with Crippen LogP contribution in [-0.4, -0.2) is 136 Å². The smallest absolute Gasteiger partial charge is 0.309 e. The van der Waals surface area contributed by atoms with Crippen LogP contribution in [0.2, 0.25) is 20.1 Å². The number of carboxylic acid groups (broad SMARTS) is 1. The number of aryl methyl sites for hydroxylation is 1. The molecule has 8 atom stereocenters. The van der Waals surface area contributed by atoms with Gasteiger partial charge in [0.25, 0.3) is 0 Å². The Balaban J connectivity index is 0.901. The van der Waals surface area contributed by atoms with E-state index < -0.39 is 17.9 Å². The molecule has 2 aromatic carbocycles. The monoisotopic (exact) mass is 1030 g/mol. The number of carboxylic acids is 1. The van der Waals surface area contributed by atoms with E-state index in [9.17, 15) is 20.3 Å². The number of rotatable bonds is 12. The molecule has 0 radical (unpaired) electrons. The van der Waals surface area contributed by atoms with Crippen molar-refractivity contribution in [3.05, 3.63) is 91.4 Å². The zero-order chi connectivity index (χ0) is 49.0. The summed E-state index contributed by atoms with van der Waals surface area (Å²) >= 11 is 26.3. The van der Waals surface area contributed by atoms with E-state index in [2.05, 4.69) is 27.7 Å². The minimum absolute atomic E-state index is 0.0681. The van der Waals surface area contributed by atoms with Crippen molar-refractivity contribution in [3.63, 3.8) is 0 Å². The molecule has 4 aliphatic heterocycles. The van der Waals surface area contributed by atoms with Gasteiger partial charge < -0.3 is 20.0 Å². The molecular formula is C50H57Cl4N13O3. The molecule has 4 fully saturated rings. The third kappa shape index (κ3) is 9.39. The van der Waals surface area contributed by atoms with Crippen LogP contribution >= 0.6 is 46.4 Å². The van der Waals surface area contributed by atoms with Crippen LogP contribution in [0.25, 0.3) is 22.3 Å². The van der Waals surface area contributed by atoms with Crippen LogP contribution in [0.4, 0.5) is 11.6 Å². The molecule has 16 nitrogen and oxygen atoms in total. The number of nitrogens with zero attached hydrogens (tertiary/aromatic N) is 13. The van der Waals surface area contributed by atoms with E-state index in [-0.39, 0.29) is 48.8 Å². The SMILES string of the molecule is Cc1nn(C(C)c2ccc(Cl)cc2Cl)c2nc(N3CCC(N4CC(CC(c5ccc(Cl)cc5Cl)n5nc(C#N)c6ncc(N7CCC(N8CCCCC8)C(CO)C7)nc65)CC4C)C(C(=O)O)C3)cnc12. The minimum atomic E-state index is -0.862. The largest absolute Gasteiger partial charge is 0.481 e. The lowest BCUT2D eigenvalue weighted by molar-refractivity contribution is -0.144. The molecule has 4 aliphatic rings. The van der Waals surface area contributed by atoms with Crippen molar-refractivity contribution in [2.45, 2.75) is 95.9 Å². The molecule has 0 aliphatic carbocycles. The van der Waals surface area contributed by atoms with Gasteiger partial charge >= 0.3 is 5.97 Å². The van der Waals surface area contributed by atoms with Crippen molar-refractivity contribution in [2.75, 3.05) is 62.2 Å². The fraction of sp³-hybridized carbons (Fsp3) is 0.520. The van der Waals surface area contributed by atoms with Crippen LogP contribution in [0.15, 0.2) is 48.8 Å². The average molecular weight is 1030 g/mol. The number of likely N-dealkylation sites (tertiary alicyclic amines) is 2. The van der Waals surface area contributed by atoms with E-state index in [0.717, 1.165) is 49.3 Å². The van der Waals surface area contributed by atoms with Gasteiger partial charge in [0.15, 0.2) is 17.0 Å². The number of aliphatic hydroxyl groups excluding tert-OH is 1. The van der Waals surface area contributed by atoms with Crippen molar-refractivity contribution < 1.29 is 15.0 Å². The first-order chi connectivity index (χ1) is 33.8. The summed E-state index contributed by atoms with van der Waals surface area (Å²) < 4.78 is 3.63. The van der Waals surface area contributed by atoms with Crippen LogP contribution in [0.3, 0.4) is 0 Å². The van der Waals surface area contributed by atoms with Crippen LogP contribution < -0.4 is 9.80 Å². The number of anilines is 2. The maximum Gasteiger partial charge on any atom is 0.309 e. The molecule has 2 N–H and O–H groups in total. The summed E-state index contributed by atoms with van der Waals surface area (Å²) in [5.74, 6) is -0.132. The first kappa shape index (κ1) is 48.8. The van der Waals surface area contributed by atoms with Crippen molar-refractivity contribution >= 4 is 86.3 Å². The van der Waals surface area contributed by atoms with Gasteiger partial charge in [0.2, 0.25) is 0 Å². The van der Waals surface area contributed by atoms with E-state index in [1.54, 1.807) is 30.6 Å². The quantitative estimate of drug-likeness (QED) is 0.119. The topological polar surface area (TPSA) is 181 Å². The lowest BCUT2D eigenvalue weighted by Crippen LogP contribution is -2.55. The molecule has 0 spiro atoms. The molecule has 4 aromatic heterocycles. The third-order valence-electron chi connectivity index (χ3n) is 15.5. The zero-order valence-electron chi connectivity index (χ0n) is 39.5. The highest BCUT2D eigenvalue weighted by Crippen LogP contribution is 2.41. The number of aromatic nitrogens is 8. The summed E-state index contributed by atoms with van der Waals surface area (Å²) in [6.45, 7) is 11.2. The Bertz CT molecular complexity index is 2960. The van der Waals surface area contributed by atoms with Gasteiger partial charge in [-0.15, -0.1) is 0 Å². The molecule has 368 valence electrons. The highest BCUT2D eigenvalue weighted by atomic mass is 35.5. The number of carbonyl (C=O) groups is 1. The second-order valence-corrected chi connectivity index (χ2v) is 21.4. The summed E-state index contributed by atoms with van der Waals surface area (Å²) in [7, 11) is 0. The molecule has 10 rings (SSSR count). The van der Waals surface area contributed by atoms with Crippen LogP contribution in [0.5, 0.6) is 0 Å². The molecular weight excluding hydrogens is 972 g/mol. The minimum Gasteiger partial charge on any atom is -0.481 e. The predicted octanol–water partition coefficient (Wildman–Crippen LogP) is 8.71. The number of fused-ring (bicyclic) bond motifs is 2. The maximum absolute atomic E-state index is 13.3. The number of hydrogen-bond acceptors (Lipinski definition) is 13. The van der Waals surface area contributed by atoms with Gasteiger partial charge in [-0.05, 0) is 114 Å². The molecule has 20 heteroatoms. The fourth-order valence-corrected chi connectivity index (χ4v) is 13.1. The van der Waals surface area contributed by atoms with Crippen LogP contribution in [0.1, 0.15) is 93.4 Å². The van der Waals surface area contributed by atoms with Gasteiger partial charge in [-0.25, -0.2) is 29.3 Å². The van der Waals surface area contributed by atoms with Gasteiger partial charge in [0, 0.05) is 83.5 Å². The predicted molar refractivity (Wildman–Crippen MR) is 272 cm³/mol. The van der Waals surface area contributed by atoms with Crippen molar-refractivity contribution in [1.82, 2.24) is 49.3 Å². The summed E-state index contributed by atoms with van der Waals surface area (Å²) in [5, 5.41) is 43.6. The second kappa shape index (κ2) is 20.3. The number of aliphatic carboxylic acids is 1. The Hall–Kier alpha value is -4.86.